The van der Waals surface area contributed by atoms with Crippen molar-refractivity contribution >= 4 is 0 Å². The fourth-order valence-corrected chi connectivity index (χ4v) is 3.85. The number of hydrogen-bond donors (Lipinski definition) is 3. The first-order valence-corrected chi connectivity index (χ1v) is 10.2. The van der Waals surface area contributed by atoms with Crippen LogP contribution in [0.25, 0.3) is 0 Å². The number of aliphatic hydroxyl groups is 2. The Morgan fingerprint density at radius 2 is 1.76 bits per heavy atom. The summed E-state index contributed by atoms with van der Waals surface area (Å²) in [5.74, 6) is 0.677. The summed E-state index contributed by atoms with van der Waals surface area (Å²) >= 11 is 0. The number of phenolic OH excluding ortho intramolecular Hbond substituents is 1. The lowest BCUT2D eigenvalue weighted by molar-refractivity contribution is -0.0434. The van der Waals surface area contributed by atoms with Gasteiger partial charge in [0.2, 0.25) is 0 Å². The highest BCUT2D eigenvalue weighted by Crippen LogP contribution is 2.36. The molecule has 0 fully saturated rings. The van der Waals surface area contributed by atoms with E-state index in [-0.39, 0.29) is 16.9 Å². The van der Waals surface area contributed by atoms with Gasteiger partial charge in [0, 0.05) is 24.2 Å². The van der Waals surface area contributed by atoms with Crippen molar-refractivity contribution in [3.63, 3.8) is 0 Å². The number of phenols is 1. The maximum Gasteiger partial charge on any atom is 0.178 e. The molecule has 1 heterocycles. The van der Waals surface area contributed by atoms with Crippen LogP contribution < -0.4 is 4.74 Å². The van der Waals surface area contributed by atoms with Crippen molar-refractivity contribution in [1.29, 1.82) is 0 Å². The SMILES string of the molecule is CC(C)(C)Oc1cc(CCC(C)(C)N2Cc3cccc(C(O)O)c3C2)ccc1O. The molecule has 29 heavy (non-hydrogen) atoms. The van der Waals surface area contributed by atoms with Crippen LogP contribution in [0.4, 0.5) is 0 Å². The Labute approximate surface area is 173 Å². The Kier molecular flexibility index (Phi) is 5.95. The molecule has 2 aromatic rings. The van der Waals surface area contributed by atoms with Gasteiger partial charge in [0.25, 0.3) is 0 Å². The van der Waals surface area contributed by atoms with Gasteiger partial charge < -0.3 is 20.1 Å². The second-order valence-corrected chi connectivity index (χ2v) is 9.54. The number of nitrogens with zero attached hydrogens (tertiary/aromatic N) is 1. The molecule has 0 bridgehead atoms. The summed E-state index contributed by atoms with van der Waals surface area (Å²) in [5.41, 5.74) is 3.47. The zero-order chi connectivity index (χ0) is 21.4. The van der Waals surface area contributed by atoms with E-state index in [1.807, 2.05) is 39.0 Å². The van der Waals surface area contributed by atoms with Gasteiger partial charge in [-0.05, 0) is 76.3 Å². The highest BCUT2D eigenvalue weighted by atomic mass is 16.5. The Balaban J connectivity index is 1.70. The van der Waals surface area contributed by atoms with Gasteiger partial charge in [0.1, 0.15) is 5.60 Å². The molecule has 5 heteroatoms. The van der Waals surface area contributed by atoms with E-state index in [1.54, 1.807) is 12.1 Å². The standard InChI is InChI=1S/C24H33NO4/c1-23(2,3)29-21-13-16(9-10-20(21)26)11-12-24(4,5)25-14-17-7-6-8-18(22(27)28)19(17)15-25/h6-10,13,22,26-28H,11-12,14-15H2,1-5H3. The number of benzene rings is 2. The van der Waals surface area contributed by atoms with Crippen molar-refractivity contribution in [1.82, 2.24) is 4.90 Å². The highest BCUT2D eigenvalue weighted by molar-refractivity contribution is 5.42. The number of aryl methyl sites for hydroxylation is 1. The molecule has 2 aromatic carbocycles. The van der Waals surface area contributed by atoms with Crippen LogP contribution in [0.1, 0.15) is 69.6 Å². The molecule has 3 rings (SSSR count). The van der Waals surface area contributed by atoms with Crippen LogP contribution in [0.5, 0.6) is 11.5 Å². The molecule has 1 aliphatic rings. The molecule has 0 radical (unpaired) electrons. The van der Waals surface area contributed by atoms with Crippen LogP contribution in [-0.4, -0.2) is 31.4 Å². The first kappa shape index (κ1) is 21.6. The van der Waals surface area contributed by atoms with Crippen molar-refractivity contribution in [3.8, 4) is 11.5 Å². The van der Waals surface area contributed by atoms with Crippen molar-refractivity contribution in [2.24, 2.45) is 0 Å². The van der Waals surface area contributed by atoms with Gasteiger partial charge in [0.15, 0.2) is 17.8 Å². The highest BCUT2D eigenvalue weighted by Gasteiger charge is 2.33. The fraction of sp³-hybridized carbons (Fsp3) is 0.500. The van der Waals surface area contributed by atoms with Crippen LogP contribution in [0, 0.1) is 0 Å². The second kappa shape index (κ2) is 7.98. The van der Waals surface area contributed by atoms with Gasteiger partial charge in [-0.1, -0.05) is 24.3 Å². The normalized spacial score (nSPS) is 15.0. The first-order valence-electron chi connectivity index (χ1n) is 10.2. The third kappa shape index (κ3) is 5.10. The molecule has 1 aliphatic heterocycles. The molecular weight excluding hydrogens is 366 g/mol. The number of aromatic hydroxyl groups is 1. The van der Waals surface area contributed by atoms with E-state index >= 15 is 0 Å². The van der Waals surface area contributed by atoms with E-state index in [0.717, 1.165) is 36.1 Å². The molecule has 0 saturated carbocycles. The molecule has 3 N–H and O–H groups in total. The zero-order valence-corrected chi connectivity index (χ0v) is 18.1. The largest absolute Gasteiger partial charge is 0.504 e. The Morgan fingerprint density at radius 1 is 1.03 bits per heavy atom. The summed E-state index contributed by atoms with van der Waals surface area (Å²) < 4.78 is 5.87. The van der Waals surface area contributed by atoms with E-state index in [4.69, 9.17) is 4.74 Å². The summed E-state index contributed by atoms with van der Waals surface area (Å²) in [6.45, 7) is 11.9. The van der Waals surface area contributed by atoms with Crippen molar-refractivity contribution in [2.75, 3.05) is 0 Å². The van der Waals surface area contributed by atoms with Gasteiger partial charge in [-0.25, -0.2) is 0 Å². The summed E-state index contributed by atoms with van der Waals surface area (Å²) in [7, 11) is 0. The first-order chi connectivity index (χ1) is 13.5. The van der Waals surface area contributed by atoms with Crippen LogP contribution in [-0.2, 0) is 19.5 Å². The summed E-state index contributed by atoms with van der Waals surface area (Å²) in [6, 6.07) is 11.3. The summed E-state index contributed by atoms with van der Waals surface area (Å²) in [4.78, 5) is 2.39. The van der Waals surface area contributed by atoms with Gasteiger partial charge in [0.05, 0.1) is 0 Å². The predicted molar refractivity (Wildman–Crippen MR) is 114 cm³/mol. The Morgan fingerprint density at radius 3 is 2.41 bits per heavy atom. The monoisotopic (exact) mass is 399 g/mol. The summed E-state index contributed by atoms with van der Waals surface area (Å²) in [6.07, 6.45) is 0.347. The number of fused-ring (bicyclic) bond motifs is 1. The fourth-order valence-electron chi connectivity index (χ4n) is 3.85. The van der Waals surface area contributed by atoms with Crippen LogP contribution >= 0.6 is 0 Å². The third-order valence-electron chi connectivity index (χ3n) is 5.62. The van der Waals surface area contributed by atoms with E-state index in [2.05, 4.69) is 24.8 Å². The number of rotatable bonds is 6. The van der Waals surface area contributed by atoms with E-state index in [0.29, 0.717) is 17.9 Å². The molecule has 158 valence electrons. The number of aliphatic hydroxyl groups excluding tert-OH is 1. The summed E-state index contributed by atoms with van der Waals surface area (Å²) in [5, 5.41) is 29.4. The Hall–Kier alpha value is -2.08. The van der Waals surface area contributed by atoms with E-state index in [1.165, 1.54) is 0 Å². The Bertz CT molecular complexity index is 868. The molecule has 0 unspecified atom stereocenters. The van der Waals surface area contributed by atoms with Crippen LogP contribution in [0.3, 0.4) is 0 Å². The van der Waals surface area contributed by atoms with Gasteiger partial charge >= 0.3 is 0 Å². The van der Waals surface area contributed by atoms with Gasteiger partial charge in [-0.3, -0.25) is 4.90 Å². The number of ether oxygens (including phenoxy) is 1. The van der Waals surface area contributed by atoms with Crippen molar-refractivity contribution in [2.45, 2.75) is 78.0 Å². The van der Waals surface area contributed by atoms with Crippen LogP contribution in [0.2, 0.25) is 0 Å². The molecular formula is C24H33NO4. The smallest absolute Gasteiger partial charge is 0.178 e. The number of hydrogen-bond acceptors (Lipinski definition) is 5. The van der Waals surface area contributed by atoms with Gasteiger partial charge in [-0.2, -0.15) is 0 Å². The lowest BCUT2D eigenvalue weighted by atomic mass is 9.93. The molecule has 0 spiro atoms. The molecule has 0 aromatic heterocycles. The molecule has 0 aliphatic carbocycles. The maximum atomic E-state index is 10.1. The molecule has 5 nitrogen and oxygen atoms in total. The zero-order valence-electron chi connectivity index (χ0n) is 18.1. The second-order valence-electron chi connectivity index (χ2n) is 9.54. The average Bonchev–Trinajstić information content (AvgIpc) is 3.06. The minimum absolute atomic E-state index is 0.0698. The third-order valence-corrected chi connectivity index (χ3v) is 5.62. The van der Waals surface area contributed by atoms with Crippen LogP contribution in [0.15, 0.2) is 36.4 Å². The molecule has 0 amide bonds. The minimum Gasteiger partial charge on any atom is -0.504 e. The lowest BCUT2D eigenvalue weighted by Crippen LogP contribution is -2.40. The van der Waals surface area contributed by atoms with Crippen molar-refractivity contribution in [3.05, 3.63) is 58.7 Å². The van der Waals surface area contributed by atoms with E-state index in [9.17, 15) is 15.3 Å². The van der Waals surface area contributed by atoms with Crippen molar-refractivity contribution < 1.29 is 20.1 Å². The maximum absolute atomic E-state index is 10.1. The molecule has 0 atom stereocenters. The molecule has 0 saturated heterocycles. The van der Waals surface area contributed by atoms with E-state index < -0.39 is 6.29 Å². The topological polar surface area (TPSA) is 73.2 Å². The quantitative estimate of drug-likeness (QED) is 0.633. The average molecular weight is 400 g/mol. The predicted octanol–water partition coefficient (Wildman–Crippen LogP) is 4.28. The lowest BCUT2D eigenvalue weighted by Gasteiger charge is -2.36. The minimum atomic E-state index is -1.44. The van der Waals surface area contributed by atoms with Gasteiger partial charge in [-0.15, -0.1) is 0 Å².